The Hall–Kier alpha value is -1.57. The molecule has 4 aliphatic rings. The summed E-state index contributed by atoms with van der Waals surface area (Å²) in [6, 6.07) is 0. The van der Waals surface area contributed by atoms with Crippen LogP contribution in [-0.2, 0) is 9.53 Å². The fourth-order valence-electron chi connectivity index (χ4n) is 5.50. The van der Waals surface area contributed by atoms with Gasteiger partial charge in [0.05, 0.1) is 12.5 Å². The molecule has 0 aliphatic heterocycles. The Labute approximate surface area is 151 Å². The summed E-state index contributed by atoms with van der Waals surface area (Å²) in [5, 5.41) is 0. The smallest absolute Gasteiger partial charge is 0.313 e. The first kappa shape index (κ1) is 16.9. The summed E-state index contributed by atoms with van der Waals surface area (Å²) in [4.78, 5) is 13.0. The maximum absolute atomic E-state index is 13.0. The van der Waals surface area contributed by atoms with Gasteiger partial charge in [0.1, 0.15) is 0 Å². The second kappa shape index (κ2) is 6.00. The highest BCUT2D eigenvalue weighted by Crippen LogP contribution is 2.61. The molecule has 0 spiro atoms. The number of esters is 1. The molecule has 0 heterocycles. The van der Waals surface area contributed by atoms with E-state index in [0.29, 0.717) is 6.61 Å². The Morgan fingerprint density at radius 3 is 2.92 bits per heavy atom. The molecule has 0 amide bonds. The van der Waals surface area contributed by atoms with Gasteiger partial charge in [-0.1, -0.05) is 49.3 Å². The Balaban J connectivity index is 1.84. The highest BCUT2D eigenvalue weighted by molar-refractivity contribution is 5.80. The van der Waals surface area contributed by atoms with E-state index in [1.165, 1.54) is 35.1 Å². The molecule has 0 saturated heterocycles. The molecule has 4 aliphatic carbocycles. The van der Waals surface area contributed by atoms with Crippen molar-refractivity contribution < 1.29 is 9.53 Å². The first-order valence-corrected chi connectivity index (χ1v) is 9.98. The molecular weight excluding hydrogens is 308 g/mol. The van der Waals surface area contributed by atoms with Crippen molar-refractivity contribution >= 4 is 5.97 Å². The zero-order valence-corrected chi connectivity index (χ0v) is 15.9. The van der Waals surface area contributed by atoms with E-state index in [2.05, 4.69) is 45.1 Å². The number of rotatable bonds is 3. The molecule has 0 aromatic rings. The lowest BCUT2D eigenvalue weighted by atomic mass is 9.55. The quantitative estimate of drug-likeness (QED) is 0.489. The van der Waals surface area contributed by atoms with Gasteiger partial charge in [-0.25, -0.2) is 0 Å². The maximum atomic E-state index is 13.0. The molecule has 0 N–H and O–H groups in total. The highest BCUT2D eigenvalue weighted by atomic mass is 16.5. The summed E-state index contributed by atoms with van der Waals surface area (Å²) in [7, 11) is 0. The molecule has 0 aromatic carbocycles. The van der Waals surface area contributed by atoms with E-state index in [1.807, 2.05) is 0 Å². The summed E-state index contributed by atoms with van der Waals surface area (Å²) in [5.74, 6) is -0.111. The number of carbonyl (C=O) groups is 1. The summed E-state index contributed by atoms with van der Waals surface area (Å²) in [5.41, 5.74) is 6.00. The van der Waals surface area contributed by atoms with Crippen LogP contribution in [0.25, 0.3) is 0 Å². The molecular formula is C23H30O2. The Morgan fingerprint density at radius 2 is 2.12 bits per heavy atom. The third-order valence-electron chi connectivity index (χ3n) is 6.99. The van der Waals surface area contributed by atoms with Crippen LogP contribution in [0.3, 0.4) is 0 Å². The van der Waals surface area contributed by atoms with Crippen LogP contribution >= 0.6 is 0 Å². The van der Waals surface area contributed by atoms with Gasteiger partial charge < -0.3 is 4.74 Å². The molecule has 0 unspecified atom stereocenters. The Morgan fingerprint density at radius 1 is 1.28 bits per heavy atom. The summed E-state index contributed by atoms with van der Waals surface area (Å²) in [6.45, 7) is 7.34. The zero-order chi connectivity index (χ0) is 17.7. The van der Waals surface area contributed by atoms with Crippen LogP contribution in [0, 0.1) is 16.7 Å². The van der Waals surface area contributed by atoms with Crippen molar-refractivity contribution in [1.29, 1.82) is 0 Å². The lowest BCUT2D eigenvalue weighted by Crippen LogP contribution is -2.39. The molecule has 134 valence electrons. The largest absolute Gasteiger partial charge is 0.465 e. The van der Waals surface area contributed by atoms with Crippen molar-refractivity contribution in [3.63, 3.8) is 0 Å². The number of hydrogen-bond acceptors (Lipinski definition) is 2. The maximum Gasteiger partial charge on any atom is 0.313 e. The summed E-state index contributed by atoms with van der Waals surface area (Å²) < 4.78 is 5.63. The monoisotopic (exact) mass is 338 g/mol. The predicted octanol–water partition coefficient (Wildman–Crippen LogP) is 5.67. The first-order valence-electron chi connectivity index (χ1n) is 9.98. The lowest BCUT2D eigenvalue weighted by molar-refractivity contribution is -0.147. The molecule has 0 fully saturated rings. The van der Waals surface area contributed by atoms with Crippen LogP contribution in [0.1, 0.15) is 65.7 Å². The van der Waals surface area contributed by atoms with Gasteiger partial charge >= 0.3 is 5.97 Å². The van der Waals surface area contributed by atoms with E-state index in [-0.39, 0.29) is 22.7 Å². The van der Waals surface area contributed by atoms with Crippen molar-refractivity contribution in [3.8, 4) is 0 Å². The molecule has 0 aromatic heterocycles. The van der Waals surface area contributed by atoms with Gasteiger partial charge in [-0.05, 0) is 68.4 Å². The topological polar surface area (TPSA) is 26.3 Å². The molecule has 2 heteroatoms. The van der Waals surface area contributed by atoms with E-state index in [4.69, 9.17) is 4.74 Å². The Bertz CT molecular complexity index is 720. The highest BCUT2D eigenvalue weighted by Gasteiger charge is 2.50. The molecule has 25 heavy (non-hydrogen) atoms. The number of fused-ring (bicyclic) bond motifs is 4. The van der Waals surface area contributed by atoms with Gasteiger partial charge in [0.2, 0.25) is 0 Å². The summed E-state index contributed by atoms with van der Waals surface area (Å²) in [6.07, 6.45) is 16.8. The van der Waals surface area contributed by atoms with E-state index in [0.717, 1.165) is 32.1 Å². The van der Waals surface area contributed by atoms with Gasteiger partial charge in [0.25, 0.3) is 0 Å². The minimum atomic E-state index is -0.101. The molecule has 4 rings (SSSR count). The van der Waals surface area contributed by atoms with Gasteiger partial charge in [-0.15, -0.1) is 0 Å². The van der Waals surface area contributed by atoms with Gasteiger partial charge in [-0.3, -0.25) is 4.79 Å². The minimum absolute atomic E-state index is 0.0103. The van der Waals surface area contributed by atoms with Crippen molar-refractivity contribution in [3.05, 3.63) is 46.6 Å². The van der Waals surface area contributed by atoms with E-state index < -0.39 is 0 Å². The molecule has 3 atom stereocenters. The lowest BCUT2D eigenvalue weighted by Gasteiger charge is -2.49. The second-order valence-corrected chi connectivity index (χ2v) is 8.60. The van der Waals surface area contributed by atoms with Gasteiger partial charge in [-0.2, -0.15) is 0 Å². The van der Waals surface area contributed by atoms with E-state index >= 15 is 0 Å². The van der Waals surface area contributed by atoms with Crippen LogP contribution in [0.2, 0.25) is 0 Å². The molecule has 0 radical (unpaired) electrons. The minimum Gasteiger partial charge on any atom is -0.465 e. The van der Waals surface area contributed by atoms with Crippen LogP contribution in [0.4, 0.5) is 0 Å². The van der Waals surface area contributed by atoms with E-state index in [1.54, 1.807) is 0 Å². The van der Waals surface area contributed by atoms with Gasteiger partial charge in [0.15, 0.2) is 0 Å². The van der Waals surface area contributed by atoms with Crippen LogP contribution < -0.4 is 0 Å². The van der Waals surface area contributed by atoms with Crippen molar-refractivity contribution in [2.75, 3.05) is 6.61 Å². The standard InChI is InChI=1S/C23H30O2/c1-4-14-25-21(24)17-15-16-8-5-6-12-23(16,3)19-10-13-22(2)11-7-9-18(22)20(17)19/h6,8-9,12,17H,4-5,7,10-11,13-15H2,1-3H3/t17-,22+,23+/m1/s1. The second-order valence-electron chi connectivity index (χ2n) is 8.60. The average Bonchev–Trinajstić information content (AvgIpc) is 3.00. The third-order valence-corrected chi connectivity index (χ3v) is 6.99. The normalized spacial score (nSPS) is 36.2. The fourth-order valence-corrected chi connectivity index (χ4v) is 5.50. The zero-order valence-electron chi connectivity index (χ0n) is 15.9. The van der Waals surface area contributed by atoms with E-state index in [9.17, 15) is 4.79 Å². The van der Waals surface area contributed by atoms with Crippen LogP contribution in [0.15, 0.2) is 46.6 Å². The number of allylic oxidation sites excluding steroid dienone is 7. The Kier molecular flexibility index (Phi) is 4.05. The average molecular weight is 338 g/mol. The van der Waals surface area contributed by atoms with Crippen LogP contribution in [0.5, 0.6) is 0 Å². The number of ether oxygens (including phenoxy) is 1. The molecule has 0 saturated carbocycles. The van der Waals surface area contributed by atoms with Crippen LogP contribution in [-0.4, -0.2) is 12.6 Å². The number of carbonyl (C=O) groups excluding carboxylic acids is 1. The van der Waals surface area contributed by atoms with Crippen molar-refractivity contribution in [2.45, 2.75) is 65.7 Å². The fraction of sp³-hybridized carbons (Fsp3) is 0.609. The molecule has 2 nitrogen and oxygen atoms in total. The van der Waals surface area contributed by atoms with Crippen molar-refractivity contribution in [2.24, 2.45) is 16.7 Å². The summed E-state index contributed by atoms with van der Waals surface area (Å²) >= 11 is 0. The predicted molar refractivity (Wildman–Crippen MR) is 101 cm³/mol. The first-order chi connectivity index (χ1) is 12.0. The SMILES string of the molecule is CCCOC(=O)[C@@H]1CC2=CCC=C[C@]2(C)C2=C1C1=CCC[C@@]1(C)CC2. The molecule has 0 bridgehead atoms. The third kappa shape index (κ3) is 2.48. The van der Waals surface area contributed by atoms with Gasteiger partial charge in [0, 0.05) is 5.41 Å². The number of hydrogen-bond donors (Lipinski definition) is 0. The van der Waals surface area contributed by atoms with Crippen molar-refractivity contribution in [1.82, 2.24) is 0 Å².